The third-order valence-electron chi connectivity index (χ3n) is 2.69. The molecule has 0 saturated carbocycles. The molecule has 1 aromatic rings. The topological polar surface area (TPSA) is 32.3 Å². The molecule has 1 aromatic carbocycles. The van der Waals surface area contributed by atoms with E-state index < -0.39 is 5.82 Å². The largest absolute Gasteiger partial charge is 0.374 e. The predicted molar refractivity (Wildman–Crippen MR) is 61.1 cm³/mol. The minimum atomic E-state index is -0.481. The van der Waals surface area contributed by atoms with Crippen LogP contribution in [0.3, 0.4) is 0 Å². The molecule has 3 nitrogen and oxygen atoms in total. The number of carbonyl (C=O) groups is 1. The SMILES string of the molecule is CN1CCC(Nc2ccc(Cl)c(F)c2)C1=O. The maximum atomic E-state index is 13.2. The molecule has 1 unspecified atom stereocenters. The summed E-state index contributed by atoms with van der Waals surface area (Å²) < 4.78 is 13.2. The number of carbonyl (C=O) groups excluding carboxylic acids is 1. The van der Waals surface area contributed by atoms with E-state index in [2.05, 4.69) is 5.32 Å². The van der Waals surface area contributed by atoms with Gasteiger partial charge in [-0.3, -0.25) is 4.79 Å². The van der Waals surface area contributed by atoms with Crippen LogP contribution in [0.2, 0.25) is 5.02 Å². The smallest absolute Gasteiger partial charge is 0.244 e. The van der Waals surface area contributed by atoms with Crippen LogP contribution >= 0.6 is 11.6 Å². The number of amides is 1. The molecule has 0 aliphatic carbocycles. The molecular weight excluding hydrogens is 231 g/mol. The van der Waals surface area contributed by atoms with Crippen molar-refractivity contribution in [2.24, 2.45) is 0 Å². The van der Waals surface area contributed by atoms with Crippen LogP contribution in [0.4, 0.5) is 10.1 Å². The van der Waals surface area contributed by atoms with Gasteiger partial charge < -0.3 is 10.2 Å². The lowest BCUT2D eigenvalue weighted by Crippen LogP contribution is -2.30. The van der Waals surface area contributed by atoms with Crippen LogP contribution in [-0.4, -0.2) is 30.4 Å². The van der Waals surface area contributed by atoms with E-state index in [4.69, 9.17) is 11.6 Å². The maximum Gasteiger partial charge on any atom is 0.244 e. The molecule has 0 aromatic heterocycles. The van der Waals surface area contributed by atoms with Crippen LogP contribution in [0.5, 0.6) is 0 Å². The Bertz CT molecular complexity index is 424. The Morgan fingerprint density at radius 3 is 2.88 bits per heavy atom. The van der Waals surface area contributed by atoms with Gasteiger partial charge in [0, 0.05) is 19.3 Å². The molecule has 2 rings (SSSR count). The van der Waals surface area contributed by atoms with E-state index >= 15 is 0 Å². The monoisotopic (exact) mass is 242 g/mol. The Balaban J connectivity index is 2.10. The molecule has 0 spiro atoms. The molecule has 86 valence electrons. The molecule has 0 radical (unpaired) electrons. The highest BCUT2D eigenvalue weighted by molar-refractivity contribution is 6.30. The summed E-state index contributed by atoms with van der Waals surface area (Å²) in [6.07, 6.45) is 0.736. The summed E-state index contributed by atoms with van der Waals surface area (Å²) in [5, 5.41) is 3.08. The number of likely N-dealkylation sites (N-methyl/N-ethyl adjacent to an activating group) is 1. The minimum Gasteiger partial charge on any atom is -0.374 e. The zero-order valence-corrected chi connectivity index (χ0v) is 9.59. The van der Waals surface area contributed by atoms with E-state index in [1.165, 1.54) is 12.1 Å². The lowest BCUT2D eigenvalue weighted by Gasteiger charge is -2.13. The van der Waals surface area contributed by atoms with Gasteiger partial charge in [0.25, 0.3) is 0 Å². The summed E-state index contributed by atoms with van der Waals surface area (Å²) in [5.74, 6) is -0.444. The van der Waals surface area contributed by atoms with Crippen molar-refractivity contribution in [3.63, 3.8) is 0 Å². The van der Waals surface area contributed by atoms with Gasteiger partial charge in [-0.05, 0) is 24.6 Å². The molecule has 1 fully saturated rings. The van der Waals surface area contributed by atoms with Gasteiger partial charge in [-0.2, -0.15) is 0 Å². The van der Waals surface area contributed by atoms with Crippen molar-refractivity contribution >= 4 is 23.2 Å². The summed E-state index contributed by atoms with van der Waals surface area (Å²) in [6.45, 7) is 0.729. The molecule has 1 amide bonds. The van der Waals surface area contributed by atoms with E-state index in [9.17, 15) is 9.18 Å². The van der Waals surface area contributed by atoms with Crippen LogP contribution in [0.25, 0.3) is 0 Å². The number of benzene rings is 1. The molecule has 0 bridgehead atoms. The molecular formula is C11H12ClFN2O. The molecule has 1 atom stereocenters. The summed E-state index contributed by atoms with van der Waals surface area (Å²) in [7, 11) is 1.76. The normalized spacial score (nSPS) is 20.3. The second-order valence-electron chi connectivity index (χ2n) is 3.87. The van der Waals surface area contributed by atoms with E-state index in [0.717, 1.165) is 13.0 Å². The van der Waals surface area contributed by atoms with Gasteiger partial charge in [0.15, 0.2) is 0 Å². The molecule has 1 aliphatic rings. The molecule has 5 heteroatoms. The first-order valence-corrected chi connectivity index (χ1v) is 5.42. The molecule has 1 N–H and O–H groups in total. The number of anilines is 1. The van der Waals surface area contributed by atoms with Gasteiger partial charge in [-0.15, -0.1) is 0 Å². The lowest BCUT2D eigenvalue weighted by molar-refractivity contribution is -0.127. The second kappa shape index (κ2) is 4.29. The first-order valence-electron chi connectivity index (χ1n) is 5.04. The zero-order valence-electron chi connectivity index (χ0n) is 8.84. The fourth-order valence-electron chi connectivity index (χ4n) is 1.74. The fourth-order valence-corrected chi connectivity index (χ4v) is 1.86. The van der Waals surface area contributed by atoms with Crippen LogP contribution in [-0.2, 0) is 4.79 Å². The van der Waals surface area contributed by atoms with E-state index in [1.54, 1.807) is 18.0 Å². The Hall–Kier alpha value is -1.29. The first-order chi connectivity index (χ1) is 7.58. The van der Waals surface area contributed by atoms with E-state index in [1.807, 2.05) is 0 Å². The van der Waals surface area contributed by atoms with Gasteiger partial charge >= 0.3 is 0 Å². The number of nitrogens with one attached hydrogen (secondary N) is 1. The third kappa shape index (κ3) is 2.11. The number of nitrogens with zero attached hydrogens (tertiary/aromatic N) is 1. The molecule has 1 heterocycles. The van der Waals surface area contributed by atoms with Crippen LogP contribution in [0.1, 0.15) is 6.42 Å². The summed E-state index contributed by atoms with van der Waals surface area (Å²) in [5.41, 5.74) is 0.579. The van der Waals surface area contributed by atoms with Gasteiger partial charge in [-0.25, -0.2) is 4.39 Å². The minimum absolute atomic E-state index is 0.0374. The Kier molecular flexibility index (Phi) is 3.01. The average Bonchev–Trinajstić information content (AvgIpc) is 2.55. The standard InChI is InChI=1S/C11H12ClFN2O/c1-15-5-4-10(11(15)16)14-7-2-3-8(12)9(13)6-7/h2-3,6,10,14H,4-5H2,1H3. The van der Waals surface area contributed by atoms with Gasteiger partial charge in [0.2, 0.25) is 5.91 Å². The Morgan fingerprint density at radius 1 is 1.56 bits per heavy atom. The predicted octanol–water partition coefficient (Wildman–Crippen LogP) is 2.12. The van der Waals surface area contributed by atoms with Crippen LogP contribution in [0.15, 0.2) is 18.2 Å². The Morgan fingerprint density at radius 2 is 2.31 bits per heavy atom. The van der Waals surface area contributed by atoms with Crippen LogP contribution < -0.4 is 5.32 Å². The van der Waals surface area contributed by atoms with Crippen molar-refractivity contribution in [2.45, 2.75) is 12.5 Å². The number of hydrogen-bond donors (Lipinski definition) is 1. The van der Waals surface area contributed by atoms with Gasteiger partial charge in [-0.1, -0.05) is 11.6 Å². The van der Waals surface area contributed by atoms with E-state index in [0.29, 0.717) is 5.69 Å². The highest BCUT2D eigenvalue weighted by Gasteiger charge is 2.28. The lowest BCUT2D eigenvalue weighted by atomic mass is 10.2. The first kappa shape index (κ1) is 11.2. The highest BCUT2D eigenvalue weighted by Crippen LogP contribution is 2.21. The summed E-state index contributed by atoms with van der Waals surface area (Å²) in [6, 6.07) is 4.18. The van der Waals surface area contributed by atoms with Crippen molar-refractivity contribution in [1.29, 1.82) is 0 Å². The van der Waals surface area contributed by atoms with Crippen molar-refractivity contribution < 1.29 is 9.18 Å². The van der Waals surface area contributed by atoms with Crippen molar-refractivity contribution in [2.75, 3.05) is 18.9 Å². The number of halogens is 2. The fraction of sp³-hybridized carbons (Fsp3) is 0.364. The number of hydrogen-bond acceptors (Lipinski definition) is 2. The molecule has 16 heavy (non-hydrogen) atoms. The summed E-state index contributed by atoms with van der Waals surface area (Å²) in [4.78, 5) is 13.3. The van der Waals surface area contributed by atoms with Crippen molar-refractivity contribution in [1.82, 2.24) is 4.90 Å². The second-order valence-corrected chi connectivity index (χ2v) is 4.28. The Labute approximate surface area is 98.2 Å². The van der Waals surface area contributed by atoms with Gasteiger partial charge in [0.1, 0.15) is 11.9 Å². The number of likely N-dealkylation sites (tertiary alicyclic amines) is 1. The van der Waals surface area contributed by atoms with Gasteiger partial charge in [0.05, 0.1) is 5.02 Å². The zero-order chi connectivity index (χ0) is 11.7. The maximum absolute atomic E-state index is 13.2. The van der Waals surface area contributed by atoms with Crippen molar-refractivity contribution in [3.8, 4) is 0 Å². The van der Waals surface area contributed by atoms with Crippen LogP contribution in [0, 0.1) is 5.82 Å². The number of rotatable bonds is 2. The quantitative estimate of drug-likeness (QED) is 0.862. The molecule has 1 saturated heterocycles. The third-order valence-corrected chi connectivity index (χ3v) is 2.99. The molecule has 1 aliphatic heterocycles. The average molecular weight is 243 g/mol. The van der Waals surface area contributed by atoms with E-state index in [-0.39, 0.29) is 17.0 Å². The summed E-state index contributed by atoms with van der Waals surface area (Å²) >= 11 is 5.57. The van der Waals surface area contributed by atoms with Crippen molar-refractivity contribution in [3.05, 3.63) is 29.0 Å². The highest BCUT2D eigenvalue weighted by atomic mass is 35.5.